The molecule has 0 radical (unpaired) electrons. The summed E-state index contributed by atoms with van der Waals surface area (Å²) in [5.41, 5.74) is 1.18. The van der Waals surface area contributed by atoms with Gasteiger partial charge in [-0.15, -0.1) is 0 Å². The Hall–Kier alpha value is -4.36. The second-order valence-corrected chi connectivity index (χ2v) is 14.1. The third-order valence-corrected chi connectivity index (χ3v) is 10.8. The molecule has 5 rings (SSSR count). The first-order valence-corrected chi connectivity index (χ1v) is 17.5. The number of alkyl carbamates (subject to hydrolysis) is 1. The average molecular weight is 711 g/mol. The first-order chi connectivity index (χ1) is 23.5. The predicted octanol–water partition coefficient (Wildman–Crippen LogP) is 6.10. The molecule has 9 nitrogen and oxygen atoms in total. The van der Waals surface area contributed by atoms with Crippen molar-refractivity contribution in [2.75, 3.05) is 25.5 Å². The maximum atomic E-state index is 15.5. The van der Waals surface area contributed by atoms with Gasteiger partial charge in [0, 0.05) is 47.4 Å². The fourth-order valence-corrected chi connectivity index (χ4v) is 8.35. The van der Waals surface area contributed by atoms with Crippen molar-refractivity contribution in [1.29, 1.82) is 0 Å². The molecule has 1 fully saturated rings. The highest BCUT2D eigenvalue weighted by atomic mass is 35.5. The van der Waals surface area contributed by atoms with E-state index in [1.807, 2.05) is 6.92 Å². The normalized spacial score (nSPS) is 17.9. The summed E-state index contributed by atoms with van der Waals surface area (Å²) >= 11 is 6.30. The number of nitrogens with zero attached hydrogens (tertiary/aromatic N) is 1. The molecule has 49 heavy (non-hydrogen) atoms. The number of piperazine rings is 1. The highest BCUT2D eigenvalue weighted by Gasteiger charge is 2.38. The van der Waals surface area contributed by atoms with Crippen LogP contribution < -0.4 is 16.0 Å². The third kappa shape index (κ3) is 8.45. The number of halogens is 3. The summed E-state index contributed by atoms with van der Waals surface area (Å²) in [7, 11) is -2.71. The van der Waals surface area contributed by atoms with Crippen molar-refractivity contribution in [2.24, 2.45) is 0 Å². The quantitative estimate of drug-likeness (QED) is 0.173. The van der Waals surface area contributed by atoms with Crippen LogP contribution in [0, 0.1) is 11.6 Å². The summed E-state index contributed by atoms with van der Waals surface area (Å²) < 4.78 is 63.8. The lowest BCUT2D eigenvalue weighted by Gasteiger charge is -2.40. The molecule has 0 aromatic heterocycles. The summed E-state index contributed by atoms with van der Waals surface area (Å²) in [6.45, 7) is 2.63. The molecule has 0 spiro atoms. The number of methoxy groups -OCH3 is 1. The number of carbonyl (C=O) groups is 2. The zero-order valence-corrected chi connectivity index (χ0v) is 28.5. The Balaban J connectivity index is 1.46. The van der Waals surface area contributed by atoms with E-state index in [1.54, 1.807) is 60.7 Å². The zero-order valence-electron chi connectivity index (χ0n) is 26.9. The Labute approximate surface area is 289 Å². The molecule has 13 heteroatoms. The Morgan fingerprint density at radius 1 is 0.959 bits per heavy atom. The fourth-order valence-electron chi connectivity index (χ4n) is 6.29. The van der Waals surface area contributed by atoms with E-state index in [4.69, 9.17) is 16.3 Å². The molecule has 1 aliphatic rings. The molecular formula is C36H37ClF2N4O5S. The van der Waals surface area contributed by atoms with Crippen LogP contribution >= 0.6 is 11.6 Å². The summed E-state index contributed by atoms with van der Waals surface area (Å²) in [5, 5.41) is 8.97. The molecule has 2 unspecified atom stereocenters. The number of hydrogen-bond acceptors (Lipinski definition) is 6. The monoisotopic (exact) mass is 710 g/mol. The number of anilines is 1. The maximum Gasteiger partial charge on any atom is 0.407 e. The van der Waals surface area contributed by atoms with Crippen LogP contribution in [-0.2, 0) is 26.0 Å². The Morgan fingerprint density at radius 2 is 1.65 bits per heavy atom. The largest absolute Gasteiger partial charge is 0.453 e. The molecule has 4 atom stereocenters. The van der Waals surface area contributed by atoms with E-state index in [0.717, 1.165) is 7.11 Å². The van der Waals surface area contributed by atoms with Crippen LogP contribution in [0.4, 0.5) is 19.3 Å². The molecule has 1 heterocycles. The van der Waals surface area contributed by atoms with E-state index in [1.165, 1.54) is 40.7 Å². The molecule has 258 valence electrons. The number of hydrogen-bond donors (Lipinski definition) is 3. The Bertz CT molecular complexity index is 1850. The smallest absolute Gasteiger partial charge is 0.407 e. The standard InChI is InChI=1S/C36H37ClF2N4O5S/c1-23-21-40-22-28(43(23)49(46,47)29-13-4-3-5-14-29)17-18-30-31(39)15-8-16-32(30)41-35(44)34(42-36(45)48-2)33(24-9-6-11-26(37)19-24)25-10-7-12-27(38)20-25/h3-16,19-20,23,28,33-34,40H,17-18,21-22H2,1-2H3,(H,41,44)(H,42,45)/t23-,28-,33?,34?/m0/s1. The molecule has 0 saturated carbocycles. The second kappa shape index (κ2) is 15.9. The molecular weight excluding hydrogens is 674 g/mol. The number of amides is 2. The molecule has 1 aliphatic heterocycles. The minimum absolute atomic E-state index is 0.0822. The van der Waals surface area contributed by atoms with Crippen molar-refractivity contribution < 1.29 is 31.5 Å². The molecule has 2 amide bonds. The van der Waals surface area contributed by atoms with Gasteiger partial charge in [-0.3, -0.25) is 4.79 Å². The van der Waals surface area contributed by atoms with Crippen molar-refractivity contribution in [3.8, 4) is 0 Å². The van der Waals surface area contributed by atoms with Gasteiger partial charge in [-0.25, -0.2) is 22.0 Å². The maximum absolute atomic E-state index is 15.5. The molecule has 3 N–H and O–H groups in total. The number of nitrogens with one attached hydrogen (secondary N) is 3. The number of ether oxygens (including phenoxy) is 1. The van der Waals surface area contributed by atoms with Crippen molar-refractivity contribution in [1.82, 2.24) is 14.9 Å². The first kappa shape index (κ1) is 35.9. The first-order valence-electron chi connectivity index (χ1n) is 15.7. The van der Waals surface area contributed by atoms with E-state index in [9.17, 15) is 22.4 Å². The van der Waals surface area contributed by atoms with E-state index in [2.05, 4.69) is 16.0 Å². The van der Waals surface area contributed by atoms with Gasteiger partial charge >= 0.3 is 6.09 Å². The lowest BCUT2D eigenvalue weighted by Crippen LogP contribution is -2.58. The topological polar surface area (TPSA) is 117 Å². The minimum atomic E-state index is -3.86. The van der Waals surface area contributed by atoms with Gasteiger partial charge in [-0.1, -0.05) is 60.1 Å². The number of benzene rings is 4. The van der Waals surface area contributed by atoms with Crippen LogP contribution in [0.15, 0.2) is 102 Å². The molecule has 4 aromatic carbocycles. The zero-order chi connectivity index (χ0) is 35.1. The van der Waals surface area contributed by atoms with Gasteiger partial charge in [-0.05, 0) is 79.4 Å². The Morgan fingerprint density at radius 3 is 2.35 bits per heavy atom. The summed E-state index contributed by atoms with van der Waals surface area (Å²) in [6.07, 6.45) is -0.591. The average Bonchev–Trinajstić information content (AvgIpc) is 3.08. The van der Waals surface area contributed by atoms with Gasteiger partial charge < -0.3 is 20.7 Å². The SMILES string of the molecule is COC(=O)NC(C(=O)Nc1cccc(F)c1CC[C@H]1CNC[C@H](C)N1S(=O)(=O)c1ccccc1)C(c1cccc(F)c1)c1cccc(Cl)c1. The highest BCUT2D eigenvalue weighted by Crippen LogP contribution is 2.33. The summed E-state index contributed by atoms with van der Waals surface area (Å²) in [6, 6.07) is 22.4. The summed E-state index contributed by atoms with van der Waals surface area (Å²) in [4.78, 5) is 26.9. The minimum Gasteiger partial charge on any atom is -0.453 e. The number of sulfonamides is 1. The van der Waals surface area contributed by atoms with Crippen LogP contribution in [-0.4, -0.2) is 63.0 Å². The van der Waals surface area contributed by atoms with Crippen LogP contribution in [0.5, 0.6) is 0 Å². The lowest BCUT2D eigenvalue weighted by atomic mass is 9.84. The van der Waals surface area contributed by atoms with E-state index in [-0.39, 0.29) is 35.0 Å². The molecule has 1 saturated heterocycles. The van der Waals surface area contributed by atoms with E-state index >= 15 is 4.39 Å². The second-order valence-electron chi connectivity index (χ2n) is 11.8. The molecule has 0 bridgehead atoms. The van der Waals surface area contributed by atoms with Gasteiger partial charge in [0.25, 0.3) is 0 Å². The van der Waals surface area contributed by atoms with Gasteiger partial charge in [0.15, 0.2) is 0 Å². The van der Waals surface area contributed by atoms with Gasteiger partial charge in [0.2, 0.25) is 15.9 Å². The Kier molecular flexibility index (Phi) is 11.7. The van der Waals surface area contributed by atoms with Crippen molar-refractivity contribution >= 4 is 39.3 Å². The predicted molar refractivity (Wildman–Crippen MR) is 184 cm³/mol. The van der Waals surface area contributed by atoms with Crippen molar-refractivity contribution in [3.63, 3.8) is 0 Å². The van der Waals surface area contributed by atoms with Gasteiger partial charge in [0.1, 0.15) is 17.7 Å². The third-order valence-electron chi connectivity index (χ3n) is 8.53. The lowest BCUT2D eigenvalue weighted by molar-refractivity contribution is -0.118. The summed E-state index contributed by atoms with van der Waals surface area (Å²) in [5.74, 6) is -2.81. The van der Waals surface area contributed by atoms with Crippen molar-refractivity contribution in [3.05, 3.63) is 130 Å². The molecule has 0 aliphatic carbocycles. The highest BCUT2D eigenvalue weighted by molar-refractivity contribution is 7.89. The number of carbonyl (C=O) groups excluding carboxylic acids is 2. The van der Waals surface area contributed by atoms with Gasteiger partial charge in [-0.2, -0.15) is 4.31 Å². The van der Waals surface area contributed by atoms with E-state index in [0.29, 0.717) is 29.2 Å². The number of rotatable bonds is 11. The fraction of sp³-hybridized carbons (Fsp3) is 0.278. The van der Waals surface area contributed by atoms with Crippen LogP contribution in [0.25, 0.3) is 0 Å². The van der Waals surface area contributed by atoms with Crippen LogP contribution in [0.1, 0.15) is 36.0 Å². The van der Waals surface area contributed by atoms with Crippen molar-refractivity contribution in [2.45, 2.75) is 48.7 Å². The molecule has 4 aromatic rings. The van der Waals surface area contributed by atoms with E-state index < -0.39 is 51.7 Å². The van der Waals surface area contributed by atoms with Gasteiger partial charge in [0.05, 0.1) is 12.0 Å². The van der Waals surface area contributed by atoms with Crippen LogP contribution in [0.2, 0.25) is 5.02 Å². The van der Waals surface area contributed by atoms with Crippen LogP contribution in [0.3, 0.4) is 0 Å².